The standard InChI is InChI=1S/C15H20OS2/c1-12-11-15(17-9-4-10-18-15)8-7-13-5-2-3-6-14(13)16-12/h2-3,5-6,12H,4,7-11H2,1H3. The fourth-order valence-corrected chi connectivity index (χ4v) is 6.36. The van der Waals surface area contributed by atoms with E-state index >= 15 is 0 Å². The van der Waals surface area contributed by atoms with Crippen LogP contribution in [0.15, 0.2) is 24.3 Å². The first-order chi connectivity index (χ1) is 8.77. The summed E-state index contributed by atoms with van der Waals surface area (Å²) in [7, 11) is 0. The van der Waals surface area contributed by atoms with Crippen molar-refractivity contribution in [1.29, 1.82) is 0 Å². The normalized spacial score (nSPS) is 26.8. The van der Waals surface area contributed by atoms with Crippen LogP contribution in [0.5, 0.6) is 5.75 Å². The molecule has 98 valence electrons. The second kappa shape index (κ2) is 5.38. The van der Waals surface area contributed by atoms with Gasteiger partial charge in [-0.05, 0) is 49.3 Å². The molecular formula is C15H20OS2. The summed E-state index contributed by atoms with van der Waals surface area (Å²) in [5, 5.41) is 0. The summed E-state index contributed by atoms with van der Waals surface area (Å²) in [6.45, 7) is 2.22. The van der Waals surface area contributed by atoms with Gasteiger partial charge < -0.3 is 4.74 Å². The average Bonchev–Trinajstić information content (AvgIpc) is 2.37. The Morgan fingerprint density at radius 3 is 2.83 bits per heavy atom. The molecule has 0 amide bonds. The Hall–Kier alpha value is -0.280. The Balaban J connectivity index is 1.84. The molecule has 1 aromatic rings. The van der Waals surface area contributed by atoms with Crippen LogP contribution in [0.4, 0.5) is 0 Å². The molecule has 1 nitrogen and oxygen atoms in total. The Morgan fingerprint density at radius 1 is 1.22 bits per heavy atom. The first-order valence-corrected chi connectivity index (χ1v) is 8.77. The van der Waals surface area contributed by atoms with Gasteiger partial charge in [0.05, 0.1) is 10.2 Å². The minimum absolute atomic E-state index is 0.324. The SMILES string of the molecule is CC1CC2(CCc3ccccc3O1)SCCCS2. The van der Waals surface area contributed by atoms with Crippen molar-refractivity contribution < 1.29 is 4.74 Å². The molecule has 1 atom stereocenters. The van der Waals surface area contributed by atoms with E-state index in [-0.39, 0.29) is 0 Å². The van der Waals surface area contributed by atoms with E-state index in [0.717, 1.165) is 12.2 Å². The summed E-state index contributed by atoms with van der Waals surface area (Å²) in [5.74, 6) is 3.74. The third-order valence-corrected chi connectivity index (χ3v) is 7.18. The number of rotatable bonds is 0. The van der Waals surface area contributed by atoms with Crippen molar-refractivity contribution in [2.24, 2.45) is 0 Å². The third kappa shape index (κ3) is 2.67. The van der Waals surface area contributed by atoms with Crippen molar-refractivity contribution in [3.63, 3.8) is 0 Å². The number of aryl methyl sites for hydroxylation is 1. The maximum atomic E-state index is 6.14. The quantitative estimate of drug-likeness (QED) is 0.699. The maximum absolute atomic E-state index is 6.14. The molecule has 0 N–H and O–H groups in total. The number of para-hydroxylation sites is 1. The number of ether oxygens (including phenoxy) is 1. The van der Waals surface area contributed by atoms with E-state index in [9.17, 15) is 0 Å². The van der Waals surface area contributed by atoms with Crippen LogP contribution in [0.3, 0.4) is 0 Å². The van der Waals surface area contributed by atoms with Crippen LogP contribution in [0.1, 0.15) is 31.7 Å². The van der Waals surface area contributed by atoms with Gasteiger partial charge in [0.25, 0.3) is 0 Å². The highest BCUT2D eigenvalue weighted by atomic mass is 32.2. The van der Waals surface area contributed by atoms with Crippen molar-refractivity contribution in [2.75, 3.05) is 11.5 Å². The molecule has 0 radical (unpaired) electrons. The van der Waals surface area contributed by atoms with Gasteiger partial charge in [-0.3, -0.25) is 0 Å². The zero-order chi connectivity index (χ0) is 12.4. The fraction of sp³-hybridized carbons (Fsp3) is 0.600. The molecule has 0 saturated carbocycles. The lowest BCUT2D eigenvalue weighted by Crippen LogP contribution is -2.33. The second-order valence-electron chi connectivity index (χ2n) is 5.20. The fourth-order valence-electron chi connectivity index (χ4n) is 2.83. The lowest BCUT2D eigenvalue weighted by atomic mass is 10.0. The van der Waals surface area contributed by atoms with Crippen LogP contribution in [0.2, 0.25) is 0 Å². The molecule has 0 aliphatic carbocycles. The molecule has 0 aromatic heterocycles. The number of fused-ring (bicyclic) bond motifs is 1. The van der Waals surface area contributed by atoms with E-state index in [2.05, 4.69) is 54.7 Å². The topological polar surface area (TPSA) is 9.23 Å². The molecule has 3 rings (SSSR count). The van der Waals surface area contributed by atoms with E-state index in [1.807, 2.05) is 0 Å². The molecule has 2 aliphatic rings. The van der Waals surface area contributed by atoms with Crippen LogP contribution in [-0.2, 0) is 6.42 Å². The van der Waals surface area contributed by atoms with Gasteiger partial charge in [0, 0.05) is 6.42 Å². The van der Waals surface area contributed by atoms with E-state index in [1.54, 1.807) is 0 Å². The lowest BCUT2D eigenvalue weighted by Gasteiger charge is -2.39. The van der Waals surface area contributed by atoms with Gasteiger partial charge in [-0.15, -0.1) is 23.5 Å². The third-order valence-electron chi connectivity index (χ3n) is 3.69. The van der Waals surface area contributed by atoms with Crippen molar-refractivity contribution >= 4 is 23.5 Å². The number of thioether (sulfide) groups is 2. The Morgan fingerprint density at radius 2 is 2.00 bits per heavy atom. The molecule has 0 bridgehead atoms. The summed E-state index contributed by atoms with van der Waals surface area (Å²) in [6.07, 6.45) is 5.31. The number of hydrogen-bond donors (Lipinski definition) is 0. The van der Waals surface area contributed by atoms with Crippen molar-refractivity contribution in [1.82, 2.24) is 0 Å². The predicted molar refractivity (Wildman–Crippen MR) is 81.7 cm³/mol. The number of benzene rings is 1. The van der Waals surface area contributed by atoms with Gasteiger partial charge in [-0.1, -0.05) is 18.2 Å². The van der Waals surface area contributed by atoms with Gasteiger partial charge in [-0.2, -0.15) is 0 Å². The van der Waals surface area contributed by atoms with Crippen LogP contribution in [-0.4, -0.2) is 21.7 Å². The Labute approximate surface area is 118 Å². The summed E-state index contributed by atoms with van der Waals surface area (Å²) < 4.78 is 6.55. The van der Waals surface area contributed by atoms with E-state index in [4.69, 9.17) is 4.74 Å². The molecule has 1 saturated heterocycles. The van der Waals surface area contributed by atoms with Gasteiger partial charge in [0.2, 0.25) is 0 Å². The average molecular weight is 280 g/mol. The molecular weight excluding hydrogens is 260 g/mol. The molecule has 1 spiro atoms. The molecule has 1 fully saturated rings. The van der Waals surface area contributed by atoms with Crippen molar-refractivity contribution in [3.05, 3.63) is 29.8 Å². The number of hydrogen-bond acceptors (Lipinski definition) is 3. The molecule has 3 heteroatoms. The minimum atomic E-state index is 0.324. The first-order valence-electron chi connectivity index (χ1n) is 6.80. The van der Waals surface area contributed by atoms with Gasteiger partial charge in [0.15, 0.2) is 0 Å². The predicted octanol–water partition coefficient (Wildman–Crippen LogP) is 4.36. The van der Waals surface area contributed by atoms with Gasteiger partial charge in [-0.25, -0.2) is 0 Å². The highest BCUT2D eigenvalue weighted by molar-refractivity contribution is 8.18. The Kier molecular flexibility index (Phi) is 3.81. The molecule has 1 aromatic carbocycles. The van der Waals surface area contributed by atoms with Crippen LogP contribution >= 0.6 is 23.5 Å². The largest absolute Gasteiger partial charge is 0.490 e. The maximum Gasteiger partial charge on any atom is 0.122 e. The van der Waals surface area contributed by atoms with Crippen LogP contribution in [0, 0.1) is 0 Å². The van der Waals surface area contributed by atoms with E-state index in [1.165, 1.54) is 36.3 Å². The highest BCUT2D eigenvalue weighted by Crippen LogP contribution is 2.50. The van der Waals surface area contributed by atoms with Crippen molar-refractivity contribution in [3.8, 4) is 5.75 Å². The van der Waals surface area contributed by atoms with Crippen LogP contribution in [0.25, 0.3) is 0 Å². The summed E-state index contributed by atoms with van der Waals surface area (Å²) in [6, 6.07) is 8.54. The van der Waals surface area contributed by atoms with Crippen LogP contribution < -0.4 is 4.74 Å². The van der Waals surface area contributed by atoms with E-state index in [0.29, 0.717) is 10.2 Å². The molecule has 18 heavy (non-hydrogen) atoms. The monoisotopic (exact) mass is 280 g/mol. The minimum Gasteiger partial charge on any atom is -0.490 e. The molecule has 2 heterocycles. The van der Waals surface area contributed by atoms with E-state index < -0.39 is 0 Å². The summed E-state index contributed by atoms with van der Waals surface area (Å²) in [4.78, 5) is 0. The zero-order valence-electron chi connectivity index (χ0n) is 10.9. The Bertz CT molecular complexity index is 413. The second-order valence-corrected chi connectivity index (χ2v) is 8.42. The molecule has 2 aliphatic heterocycles. The highest BCUT2D eigenvalue weighted by Gasteiger charge is 2.36. The summed E-state index contributed by atoms with van der Waals surface area (Å²) in [5.41, 5.74) is 1.38. The first kappa shape index (κ1) is 12.7. The van der Waals surface area contributed by atoms with Crippen molar-refractivity contribution in [2.45, 2.75) is 42.8 Å². The lowest BCUT2D eigenvalue weighted by molar-refractivity contribution is 0.197. The summed E-state index contributed by atoms with van der Waals surface area (Å²) >= 11 is 4.34. The smallest absolute Gasteiger partial charge is 0.122 e. The van der Waals surface area contributed by atoms with Gasteiger partial charge >= 0.3 is 0 Å². The van der Waals surface area contributed by atoms with Gasteiger partial charge in [0.1, 0.15) is 5.75 Å². The molecule has 1 unspecified atom stereocenters. The zero-order valence-corrected chi connectivity index (χ0v) is 12.5.